The van der Waals surface area contributed by atoms with Crippen LogP contribution in [-0.4, -0.2) is 27.9 Å². The van der Waals surface area contributed by atoms with Crippen molar-refractivity contribution in [3.8, 4) is 5.75 Å². The van der Waals surface area contributed by atoms with E-state index >= 15 is 0 Å². The van der Waals surface area contributed by atoms with E-state index in [1.54, 1.807) is 12.4 Å². The first-order valence-corrected chi connectivity index (χ1v) is 6.98. The van der Waals surface area contributed by atoms with Gasteiger partial charge in [0.05, 0.1) is 19.3 Å². The van der Waals surface area contributed by atoms with E-state index in [0.29, 0.717) is 25.4 Å². The predicted octanol–water partition coefficient (Wildman–Crippen LogP) is 1.18. The molecule has 0 aliphatic carbocycles. The van der Waals surface area contributed by atoms with Crippen molar-refractivity contribution >= 4 is 15.9 Å². The third-order valence-corrected chi connectivity index (χ3v) is 2.99. The lowest BCUT2D eigenvalue weighted by molar-refractivity contribution is 0.309. The van der Waals surface area contributed by atoms with Crippen LogP contribution in [0.2, 0.25) is 0 Å². The SMILES string of the molecule is NCCCOc1cnn(Cc2cncc(Br)c2)c(=O)c1. The molecule has 0 amide bonds. The fraction of sp³-hybridized carbons (Fsp3) is 0.308. The van der Waals surface area contributed by atoms with Crippen molar-refractivity contribution in [3.05, 3.63) is 51.1 Å². The van der Waals surface area contributed by atoms with Gasteiger partial charge >= 0.3 is 0 Å². The van der Waals surface area contributed by atoms with E-state index in [1.807, 2.05) is 6.07 Å². The monoisotopic (exact) mass is 338 g/mol. The molecule has 2 rings (SSSR count). The molecule has 20 heavy (non-hydrogen) atoms. The van der Waals surface area contributed by atoms with Crippen molar-refractivity contribution in [2.75, 3.05) is 13.2 Å². The van der Waals surface area contributed by atoms with Gasteiger partial charge in [0.25, 0.3) is 5.56 Å². The zero-order valence-electron chi connectivity index (χ0n) is 10.8. The van der Waals surface area contributed by atoms with Crippen molar-refractivity contribution in [2.45, 2.75) is 13.0 Å². The number of nitrogens with two attached hydrogens (primary N) is 1. The zero-order chi connectivity index (χ0) is 14.4. The van der Waals surface area contributed by atoms with Gasteiger partial charge in [-0.3, -0.25) is 9.78 Å². The first-order valence-electron chi connectivity index (χ1n) is 6.18. The Kier molecular flexibility index (Phi) is 5.25. The zero-order valence-corrected chi connectivity index (χ0v) is 12.4. The number of hydrogen-bond donors (Lipinski definition) is 1. The van der Waals surface area contributed by atoms with Crippen LogP contribution in [0, 0.1) is 0 Å². The van der Waals surface area contributed by atoms with Gasteiger partial charge in [-0.05, 0) is 40.5 Å². The molecule has 0 aliphatic heterocycles. The normalized spacial score (nSPS) is 10.5. The van der Waals surface area contributed by atoms with Gasteiger partial charge in [-0.2, -0.15) is 5.10 Å². The van der Waals surface area contributed by atoms with Crippen LogP contribution in [0.5, 0.6) is 5.75 Å². The van der Waals surface area contributed by atoms with E-state index in [-0.39, 0.29) is 5.56 Å². The molecule has 6 nitrogen and oxygen atoms in total. The summed E-state index contributed by atoms with van der Waals surface area (Å²) in [5.74, 6) is 0.465. The standard InChI is InChI=1S/C13H15BrN4O2/c14-11-4-10(6-16-7-11)9-18-13(19)5-12(8-17-18)20-3-1-2-15/h4-8H,1-3,9,15H2. The minimum Gasteiger partial charge on any atom is -0.492 e. The highest BCUT2D eigenvalue weighted by Gasteiger charge is 2.03. The lowest BCUT2D eigenvalue weighted by Gasteiger charge is -2.07. The first-order chi connectivity index (χ1) is 9.69. The molecule has 7 heteroatoms. The summed E-state index contributed by atoms with van der Waals surface area (Å²) >= 11 is 3.34. The molecule has 0 spiro atoms. The summed E-state index contributed by atoms with van der Waals surface area (Å²) in [6.07, 6.45) is 5.66. The van der Waals surface area contributed by atoms with Crippen LogP contribution >= 0.6 is 15.9 Å². The minimum absolute atomic E-state index is 0.213. The fourth-order valence-electron chi connectivity index (χ4n) is 1.60. The number of aromatic nitrogens is 3. The molecule has 2 aromatic heterocycles. The summed E-state index contributed by atoms with van der Waals surface area (Å²) in [7, 11) is 0. The Morgan fingerprint density at radius 2 is 2.15 bits per heavy atom. The highest BCUT2D eigenvalue weighted by molar-refractivity contribution is 9.10. The Labute approximate surface area is 124 Å². The Morgan fingerprint density at radius 1 is 1.30 bits per heavy atom. The molecule has 2 aromatic rings. The van der Waals surface area contributed by atoms with Gasteiger partial charge in [0.2, 0.25) is 0 Å². The highest BCUT2D eigenvalue weighted by Crippen LogP contribution is 2.10. The lowest BCUT2D eigenvalue weighted by atomic mass is 10.3. The molecule has 0 unspecified atom stereocenters. The van der Waals surface area contributed by atoms with Crippen LogP contribution < -0.4 is 16.0 Å². The average molecular weight is 339 g/mol. The number of ether oxygens (including phenoxy) is 1. The van der Waals surface area contributed by atoms with Crippen molar-refractivity contribution < 1.29 is 4.74 Å². The fourth-order valence-corrected chi connectivity index (χ4v) is 2.02. The van der Waals surface area contributed by atoms with Gasteiger partial charge in [-0.25, -0.2) is 4.68 Å². The molecule has 0 aliphatic rings. The van der Waals surface area contributed by atoms with E-state index < -0.39 is 0 Å². The second-order valence-corrected chi connectivity index (χ2v) is 5.10. The molecule has 106 valence electrons. The van der Waals surface area contributed by atoms with E-state index in [0.717, 1.165) is 16.5 Å². The third-order valence-electron chi connectivity index (χ3n) is 2.56. The number of nitrogens with zero attached hydrogens (tertiary/aromatic N) is 3. The number of rotatable bonds is 6. The van der Waals surface area contributed by atoms with Crippen LogP contribution in [0.25, 0.3) is 0 Å². The molecule has 2 heterocycles. The minimum atomic E-state index is -0.213. The van der Waals surface area contributed by atoms with Gasteiger partial charge in [-0.1, -0.05) is 0 Å². The molecule has 0 bridgehead atoms. The summed E-state index contributed by atoms with van der Waals surface area (Å²) < 4.78 is 7.60. The highest BCUT2D eigenvalue weighted by atomic mass is 79.9. The topological polar surface area (TPSA) is 83.0 Å². The molecule has 0 aromatic carbocycles. The molecule has 0 fully saturated rings. The molecular formula is C13H15BrN4O2. The Bertz CT molecular complexity index is 630. The Hall–Kier alpha value is -1.73. The molecule has 0 saturated carbocycles. The Morgan fingerprint density at radius 3 is 2.85 bits per heavy atom. The van der Waals surface area contributed by atoms with Crippen LogP contribution in [0.1, 0.15) is 12.0 Å². The van der Waals surface area contributed by atoms with Crippen molar-refractivity contribution in [1.29, 1.82) is 0 Å². The number of hydrogen-bond acceptors (Lipinski definition) is 5. The quantitative estimate of drug-likeness (QED) is 0.799. The number of halogens is 1. The summed E-state index contributed by atoms with van der Waals surface area (Å²) in [4.78, 5) is 16.0. The van der Waals surface area contributed by atoms with E-state index in [9.17, 15) is 4.79 Å². The average Bonchev–Trinajstić information content (AvgIpc) is 2.42. The van der Waals surface area contributed by atoms with E-state index in [1.165, 1.54) is 16.9 Å². The summed E-state index contributed by atoms with van der Waals surface area (Å²) in [6, 6.07) is 3.32. The second-order valence-electron chi connectivity index (χ2n) is 4.19. The van der Waals surface area contributed by atoms with Crippen LogP contribution in [0.15, 0.2) is 40.0 Å². The summed E-state index contributed by atoms with van der Waals surface area (Å²) in [5, 5.41) is 4.09. The maximum absolute atomic E-state index is 11.9. The predicted molar refractivity (Wildman–Crippen MR) is 78.7 cm³/mol. The lowest BCUT2D eigenvalue weighted by Crippen LogP contribution is -2.22. The van der Waals surface area contributed by atoms with Gasteiger partial charge in [0.1, 0.15) is 5.75 Å². The second kappa shape index (κ2) is 7.16. The smallest absolute Gasteiger partial charge is 0.270 e. The van der Waals surface area contributed by atoms with Crippen molar-refractivity contribution in [1.82, 2.24) is 14.8 Å². The molecular weight excluding hydrogens is 324 g/mol. The maximum atomic E-state index is 11.9. The summed E-state index contributed by atoms with van der Waals surface area (Å²) in [6.45, 7) is 1.41. The van der Waals surface area contributed by atoms with Crippen LogP contribution in [0.3, 0.4) is 0 Å². The van der Waals surface area contributed by atoms with E-state index in [4.69, 9.17) is 10.5 Å². The molecule has 0 atom stereocenters. The van der Waals surface area contributed by atoms with Gasteiger partial charge in [-0.15, -0.1) is 0 Å². The number of pyridine rings is 1. The molecule has 0 saturated heterocycles. The maximum Gasteiger partial charge on any atom is 0.270 e. The van der Waals surface area contributed by atoms with Gasteiger partial charge in [0, 0.05) is 22.9 Å². The first kappa shape index (κ1) is 14.7. The Balaban J connectivity index is 2.08. The van der Waals surface area contributed by atoms with Crippen molar-refractivity contribution in [2.24, 2.45) is 5.73 Å². The third kappa shape index (κ3) is 4.14. The van der Waals surface area contributed by atoms with Crippen LogP contribution in [-0.2, 0) is 6.54 Å². The molecule has 2 N–H and O–H groups in total. The van der Waals surface area contributed by atoms with Gasteiger partial charge in [0.15, 0.2) is 0 Å². The van der Waals surface area contributed by atoms with E-state index in [2.05, 4.69) is 26.0 Å². The largest absolute Gasteiger partial charge is 0.492 e. The summed E-state index contributed by atoms with van der Waals surface area (Å²) in [5.41, 5.74) is 6.06. The van der Waals surface area contributed by atoms with Crippen LogP contribution in [0.4, 0.5) is 0 Å². The van der Waals surface area contributed by atoms with Crippen molar-refractivity contribution in [3.63, 3.8) is 0 Å². The van der Waals surface area contributed by atoms with Gasteiger partial charge < -0.3 is 10.5 Å². The molecule has 0 radical (unpaired) electrons.